The third-order valence-electron chi connectivity index (χ3n) is 2.98. The molecule has 1 fully saturated rings. The van der Waals surface area contributed by atoms with Crippen LogP contribution in [0.25, 0.3) is 0 Å². The van der Waals surface area contributed by atoms with Gasteiger partial charge >= 0.3 is 0 Å². The molecule has 0 unspecified atom stereocenters. The number of hydrogen-bond donors (Lipinski definition) is 0. The summed E-state index contributed by atoms with van der Waals surface area (Å²) in [6, 6.07) is 7.74. The Morgan fingerprint density at radius 2 is 1.88 bits per heavy atom. The fraction of sp³-hybridized carbons (Fsp3) is 0.462. The van der Waals surface area contributed by atoms with Crippen molar-refractivity contribution in [2.24, 2.45) is 5.92 Å². The molecule has 3 nitrogen and oxygen atoms in total. The molecule has 1 aliphatic heterocycles. The van der Waals surface area contributed by atoms with Crippen molar-refractivity contribution in [3.8, 4) is 0 Å². The fourth-order valence-electron chi connectivity index (χ4n) is 2.00. The molecule has 0 atom stereocenters. The van der Waals surface area contributed by atoms with Crippen LogP contribution in [-0.2, 0) is 4.79 Å². The Morgan fingerprint density at radius 3 is 2.47 bits per heavy atom. The predicted octanol–water partition coefficient (Wildman–Crippen LogP) is 2.60. The van der Waals surface area contributed by atoms with Gasteiger partial charge in [-0.15, -0.1) is 0 Å². The maximum absolute atomic E-state index is 11.9. The number of anilines is 1. The van der Waals surface area contributed by atoms with E-state index in [0.717, 1.165) is 23.8 Å². The molecule has 0 aromatic heterocycles. The van der Waals surface area contributed by atoms with Crippen molar-refractivity contribution >= 4 is 23.2 Å². The first-order valence-corrected chi connectivity index (χ1v) is 6.25. The largest absolute Gasteiger partial charge is 0.352 e. The van der Waals surface area contributed by atoms with Gasteiger partial charge in [0.1, 0.15) is 0 Å². The first kappa shape index (κ1) is 12.2. The van der Waals surface area contributed by atoms with Crippen LogP contribution in [-0.4, -0.2) is 30.6 Å². The molecular formula is C13H17ClN2O. The van der Waals surface area contributed by atoms with E-state index in [1.165, 1.54) is 0 Å². The van der Waals surface area contributed by atoms with Gasteiger partial charge in [0.15, 0.2) is 0 Å². The third kappa shape index (κ3) is 2.72. The van der Waals surface area contributed by atoms with Gasteiger partial charge in [-0.05, 0) is 24.3 Å². The molecule has 1 heterocycles. The lowest BCUT2D eigenvalue weighted by Gasteiger charge is -2.21. The molecule has 1 saturated heterocycles. The zero-order valence-electron chi connectivity index (χ0n) is 10.2. The highest BCUT2D eigenvalue weighted by Crippen LogP contribution is 2.21. The number of amides is 1. The highest BCUT2D eigenvalue weighted by molar-refractivity contribution is 6.30. The highest BCUT2D eigenvalue weighted by Gasteiger charge is 2.25. The lowest BCUT2D eigenvalue weighted by molar-refractivity contribution is -0.133. The summed E-state index contributed by atoms with van der Waals surface area (Å²) in [5.74, 6) is 0.293. The summed E-state index contributed by atoms with van der Waals surface area (Å²) < 4.78 is 0. The Balaban J connectivity index is 2.03. The van der Waals surface area contributed by atoms with Gasteiger partial charge in [-0.2, -0.15) is 0 Å². The number of rotatable bonds is 2. The summed E-state index contributed by atoms with van der Waals surface area (Å²) in [5.41, 5.74) is 1.12. The van der Waals surface area contributed by atoms with Crippen LogP contribution >= 0.6 is 11.6 Å². The molecule has 1 aromatic carbocycles. The minimum atomic E-state index is 0.0696. The summed E-state index contributed by atoms with van der Waals surface area (Å²) in [6.45, 7) is 6.25. The maximum Gasteiger partial charge on any atom is 0.226 e. The molecule has 0 bridgehead atoms. The topological polar surface area (TPSA) is 23.6 Å². The Morgan fingerprint density at radius 1 is 1.24 bits per heavy atom. The summed E-state index contributed by atoms with van der Waals surface area (Å²) in [7, 11) is 0. The smallest absolute Gasteiger partial charge is 0.226 e. The molecular weight excluding hydrogens is 236 g/mol. The van der Waals surface area contributed by atoms with Crippen molar-refractivity contribution in [1.82, 2.24) is 4.90 Å². The van der Waals surface area contributed by atoms with Crippen LogP contribution in [0.1, 0.15) is 13.8 Å². The van der Waals surface area contributed by atoms with Gasteiger partial charge in [0.2, 0.25) is 5.91 Å². The molecule has 92 valence electrons. The Labute approximate surface area is 107 Å². The average Bonchev–Trinajstić information content (AvgIpc) is 2.78. The number of halogens is 1. The molecule has 0 aliphatic carbocycles. The Hall–Kier alpha value is -1.22. The van der Waals surface area contributed by atoms with Crippen LogP contribution in [0.2, 0.25) is 5.02 Å². The lowest BCUT2D eigenvalue weighted by Crippen LogP contribution is -2.34. The van der Waals surface area contributed by atoms with Gasteiger partial charge in [-0.1, -0.05) is 25.4 Å². The van der Waals surface area contributed by atoms with Crippen molar-refractivity contribution in [3.63, 3.8) is 0 Å². The first-order valence-electron chi connectivity index (χ1n) is 5.87. The van der Waals surface area contributed by atoms with Crippen LogP contribution in [0, 0.1) is 5.92 Å². The molecule has 1 amide bonds. The van der Waals surface area contributed by atoms with E-state index in [1.54, 1.807) is 0 Å². The summed E-state index contributed by atoms with van der Waals surface area (Å²) >= 11 is 5.86. The summed E-state index contributed by atoms with van der Waals surface area (Å²) in [5, 5.41) is 0.739. The van der Waals surface area contributed by atoms with Gasteiger partial charge in [0, 0.05) is 29.7 Å². The quantitative estimate of drug-likeness (QED) is 0.808. The monoisotopic (exact) mass is 252 g/mol. The van der Waals surface area contributed by atoms with Gasteiger partial charge in [-0.25, -0.2) is 0 Å². The third-order valence-corrected chi connectivity index (χ3v) is 3.23. The summed E-state index contributed by atoms with van der Waals surface area (Å²) in [6.07, 6.45) is 0. The minimum Gasteiger partial charge on any atom is -0.352 e. The van der Waals surface area contributed by atoms with E-state index >= 15 is 0 Å². The molecule has 2 rings (SSSR count). The average molecular weight is 253 g/mol. The standard InChI is InChI=1S/C13H17ClN2O/c1-10(2)13(17)16-8-7-15(9-16)12-5-3-11(14)4-6-12/h3-6,10H,7-9H2,1-2H3. The number of hydrogen-bond acceptors (Lipinski definition) is 2. The molecule has 1 aromatic rings. The van der Waals surface area contributed by atoms with E-state index in [9.17, 15) is 4.79 Å². The fourth-order valence-corrected chi connectivity index (χ4v) is 2.12. The van der Waals surface area contributed by atoms with Crippen molar-refractivity contribution in [3.05, 3.63) is 29.3 Å². The van der Waals surface area contributed by atoms with Crippen molar-refractivity contribution < 1.29 is 4.79 Å². The number of benzene rings is 1. The minimum absolute atomic E-state index is 0.0696. The molecule has 0 N–H and O–H groups in total. The van der Waals surface area contributed by atoms with Gasteiger partial charge in [0.25, 0.3) is 0 Å². The van der Waals surface area contributed by atoms with Crippen LogP contribution in [0.15, 0.2) is 24.3 Å². The van der Waals surface area contributed by atoms with E-state index in [-0.39, 0.29) is 11.8 Å². The molecule has 0 saturated carbocycles. The van der Waals surface area contributed by atoms with Crippen LogP contribution in [0.5, 0.6) is 0 Å². The maximum atomic E-state index is 11.9. The second-order valence-corrected chi connectivity index (χ2v) is 5.07. The van der Waals surface area contributed by atoms with E-state index in [1.807, 2.05) is 43.0 Å². The van der Waals surface area contributed by atoms with E-state index in [4.69, 9.17) is 11.6 Å². The second-order valence-electron chi connectivity index (χ2n) is 4.64. The van der Waals surface area contributed by atoms with Gasteiger partial charge in [0.05, 0.1) is 6.67 Å². The number of carbonyl (C=O) groups excluding carboxylic acids is 1. The SMILES string of the molecule is CC(C)C(=O)N1CCN(c2ccc(Cl)cc2)C1. The highest BCUT2D eigenvalue weighted by atomic mass is 35.5. The van der Waals surface area contributed by atoms with Crippen LogP contribution in [0.4, 0.5) is 5.69 Å². The first-order chi connectivity index (χ1) is 8.08. The zero-order valence-corrected chi connectivity index (χ0v) is 10.9. The lowest BCUT2D eigenvalue weighted by atomic mass is 10.2. The molecule has 0 spiro atoms. The normalized spacial score (nSPS) is 15.8. The predicted molar refractivity (Wildman–Crippen MR) is 70.2 cm³/mol. The molecule has 17 heavy (non-hydrogen) atoms. The summed E-state index contributed by atoms with van der Waals surface area (Å²) in [4.78, 5) is 15.9. The number of carbonyl (C=O) groups is 1. The van der Waals surface area contributed by atoms with E-state index in [0.29, 0.717) is 6.67 Å². The molecule has 4 heteroatoms. The van der Waals surface area contributed by atoms with Crippen molar-refractivity contribution in [1.29, 1.82) is 0 Å². The Kier molecular flexibility index (Phi) is 3.57. The van der Waals surface area contributed by atoms with Crippen LogP contribution in [0.3, 0.4) is 0 Å². The zero-order chi connectivity index (χ0) is 12.4. The number of nitrogens with zero attached hydrogens (tertiary/aromatic N) is 2. The van der Waals surface area contributed by atoms with Crippen molar-refractivity contribution in [2.45, 2.75) is 13.8 Å². The van der Waals surface area contributed by atoms with Gasteiger partial charge in [-0.3, -0.25) is 4.79 Å². The van der Waals surface area contributed by atoms with E-state index < -0.39 is 0 Å². The second kappa shape index (κ2) is 4.96. The molecule has 1 aliphatic rings. The molecule has 0 radical (unpaired) electrons. The Bertz CT molecular complexity index is 402. The van der Waals surface area contributed by atoms with Crippen LogP contribution < -0.4 is 4.90 Å². The van der Waals surface area contributed by atoms with Crippen molar-refractivity contribution in [2.75, 3.05) is 24.7 Å². The van der Waals surface area contributed by atoms with E-state index in [2.05, 4.69) is 4.90 Å². The van der Waals surface area contributed by atoms with Gasteiger partial charge < -0.3 is 9.80 Å².